The van der Waals surface area contributed by atoms with Crippen molar-refractivity contribution in [3.63, 3.8) is 0 Å². The molecule has 2 rings (SSSR count). The zero-order valence-electron chi connectivity index (χ0n) is 14.8. The Kier molecular flexibility index (Phi) is 6.30. The van der Waals surface area contributed by atoms with Gasteiger partial charge in [-0.15, -0.1) is 0 Å². The number of nitrogens with zero attached hydrogens (tertiary/aromatic N) is 2. The number of carbonyl (C=O) groups excluding carboxylic acids is 1. The lowest BCUT2D eigenvalue weighted by molar-refractivity contribution is 0.0600. The van der Waals surface area contributed by atoms with Gasteiger partial charge in [-0.05, 0) is 57.3 Å². The van der Waals surface area contributed by atoms with Gasteiger partial charge in [-0.3, -0.25) is 5.43 Å². The summed E-state index contributed by atoms with van der Waals surface area (Å²) in [7, 11) is 1.38. The maximum Gasteiger partial charge on any atom is 0.337 e. The molecule has 2 N–H and O–H groups in total. The molecule has 6 nitrogen and oxygen atoms in total. The molecule has 25 heavy (non-hydrogen) atoms. The van der Waals surface area contributed by atoms with Crippen LogP contribution in [0.25, 0.3) is 5.69 Å². The summed E-state index contributed by atoms with van der Waals surface area (Å²) in [6.07, 6.45) is 1.73. The Morgan fingerprint density at radius 1 is 1.36 bits per heavy atom. The van der Waals surface area contributed by atoms with Crippen LogP contribution >= 0.6 is 12.2 Å². The smallest absolute Gasteiger partial charge is 0.337 e. The zero-order valence-corrected chi connectivity index (χ0v) is 15.6. The summed E-state index contributed by atoms with van der Waals surface area (Å²) in [4.78, 5) is 11.8. The Hall–Kier alpha value is -2.67. The molecule has 1 aromatic carbocycles. The monoisotopic (exact) mass is 358 g/mol. The van der Waals surface area contributed by atoms with Gasteiger partial charge in [0.25, 0.3) is 0 Å². The van der Waals surface area contributed by atoms with Crippen molar-refractivity contribution in [1.82, 2.24) is 15.3 Å². The van der Waals surface area contributed by atoms with Crippen molar-refractivity contribution in [3.05, 3.63) is 52.8 Å². The predicted octanol–water partition coefficient (Wildman–Crippen LogP) is 2.70. The first kappa shape index (κ1) is 18.7. The third kappa shape index (κ3) is 4.45. The van der Waals surface area contributed by atoms with Crippen molar-refractivity contribution < 1.29 is 9.53 Å². The summed E-state index contributed by atoms with van der Waals surface area (Å²) in [6.45, 7) is 6.72. The highest BCUT2D eigenvalue weighted by molar-refractivity contribution is 7.80. The van der Waals surface area contributed by atoms with Crippen molar-refractivity contribution in [2.24, 2.45) is 5.10 Å². The first-order chi connectivity index (χ1) is 12.0. The van der Waals surface area contributed by atoms with Gasteiger partial charge < -0.3 is 14.6 Å². The third-order valence-electron chi connectivity index (χ3n) is 3.70. The minimum atomic E-state index is -0.354. The molecule has 0 fully saturated rings. The second-order valence-electron chi connectivity index (χ2n) is 5.43. The first-order valence-corrected chi connectivity index (χ1v) is 8.33. The summed E-state index contributed by atoms with van der Waals surface area (Å²) in [5.41, 5.74) is 7.21. The van der Waals surface area contributed by atoms with Gasteiger partial charge in [-0.1, -0.05) is 6.07 Å². The van der Waals surface area contributed by atoms with E-state index in [0.29, 0.717) is 10.7 Å². The molecule has 1 aromatic heterocycles. The van der Waals surface area contributed by atoms with E-state index in [9.17, 15) is 4.79 Å². The Morgan fingerprint density at radius 3 is 2.80 bits per heavy atom. The molecule has 0 radical (unpaired) electrons. The van der Waals surface area contributed by atoms with E-state index in [4.69, 9.17) is 17.0 Å². The van der Waals surface area contributed by atoms with Gasteiger partial charge in [0.05, 0.1) is 18.9 Å². The van der Waals surface area contributed by atoms with Crippen LogP contribution in [0, 0.1) is 13.8 Å². The summed E-state index contributed by atoms with van der Waals surface area (Å²) in [5, 5.41) is 7.62. The van der Waals surface area contributed by atoms with E-state index in [1.807, 2.05) is 45.0 Å². The van der Waals surface area contributed by atoms with Crippen LogP contribution in [0.3, 0.4) is 0 Å². The van der Waals surface area contributed by atoms with Crippen LogP contribution < -0.4 is 10.7 Å². The minimum absolute atomic E-state index is 0.354. The fraction of sp³-hybridized carbons (Fsp3) is 0.278. The number of benzene rings is 1. The number of aryl methyl sites for hydroxylation is 1. The number of methoxy groups -OCH3 is 1. The van der Waals surface area contributed by atoms with Crippen LogP contribution in [0.5, 0.6) is 0 Å². The molecule has 132 valence electrons. The zero-order chi connectivity index (χ0) is 18.4. The summed E-state index contributed by atoms with van der Waals surface area (Å²) in [5.74, 6) is -0.354. The van der Waals surface area contributed by atoms with Crippen LogP contribution in [0.4, 0.5) is 0 Å². The average Bonchev–Trinajstić information content (AvgIpc) is 2.88. The largest absolute Gasteiger partial charge is 0.465 e. The maximum absolute atomic E-state index is 11.8. The van der Waals surface area contributed by atoms with Crippen LogP contribution in [0.15, 0.2) is 35.4 Å². The number of ether oxygens (including phenoxy) is 1. The number of hydrazone groups is 1. The summed E-state index contributed by atoms with van der Waals surface area (Å²) in [6, 6.07) is 9.36. The molecule has 0 bridgehead atoms. The molecule has 0 atom stereocenters. The van der Waals surface area contributed by atoms with Crippen molar-refractivity contribution in [2.45, 2.75) is 20.8 Å². The van der Waals surface area contributed by atoms with E-state index in [1.54, 1.807) is 12.3 Å². The van der Waals surface area contributed by atoms with Crippen LogP contribution in [-0.2, 0) is 4.74 Å². The van der Waals surface area contributed by atoms with Gasteiger partial charge in [0, 0.05) is 29.2 Å². The highest BCUT2D eigenvalue weighted by atomic mass is 32.1. The number of thiocarbonyl (C=S) groups is 1. The van der Waals surface area contributed by atoms with Gasteiger partial charge >= 0.3 is 5.97 Å². The minimum Gasteiger partial charge on any atom is -0.465 e. The Morgan fingerprint density at radius 2 is 2.12 bits per heavy atom. The highest BCUT2D eigenvalue weighted by Gasteiger charge is 2.12. The molecule has 0 aliphatic heterocycles. The van der Waals surface area contributed by atoms with Crippen LogP contribution in [-0.4, -0.2) is 35.5 Å². The molecule has 0 unspecified atom stereocenters. The van der Waals surface area contributed by atoms with E-state index in [2.05, 4.69) is 20.4 Å². The third-order valence-corrected chi connectivity index (χ3v) is 3.94. The maximum atomic E-state index is 11.8. The van der Waals surface area contributed by atoms with E-state index in [1.165, 1.54) is 7.11 Å². The standard InChI is InChI=1S/C18H22N4O2S/c1-5-19-18(25)21-20-11-15-9-12(2)22(13(15)3)16-8-6-7-14(10-16)17(23)24-4/h6-11H,5H2,1-4H3,(H2,19,21,25)/b20-11-. The fourth-order valence-corrected chi connectivity index (χ4v) is 2.76. The van der Waals surface area contributed by atoms with Crippen molar-refractivity contribution >= 4 is 29.5 Å². The van der Waals surface area contributed by atoms with Crippen LogP contribution in [0.1, 0.15) is 34.2 Å². The number of aromatic nitrogens is 1. The molecular weight excluding hydrogens is 336 g/mol. The van der Waals surface area contributed by atoms with Gasteiger partial charge in [-0.25, -0.2) is 4.79 Å². The lowest BCUT2D eigenvalue weighted by Crippen LogP contribution is -2.31. The quantitative estimate of drug-likeness (QED) is 0.372. The number of esters is 1. The first-order valence-electron chi connectivity index (χ1n) is 7.92. The molecular formula is C18H22N4O2S. The van der Waals surface area contributed by atoms with Crippen molar-refractivity contribution in [3.8, 4) is 5.69 Å². The second kappa shape index (κ2) is 8.43. The van der Waals surface area contributed by atoms with Gasteiger partial charge in [-0.2, -0.15) is 5.10 Å². The number of hydrogen-bond acceptors (Lipinski definition) is 4. The molecule has 0 amide bonds. The summed E-state index contributed by atoms with van der Waals surface area (Å²) >= 11 is 5.07. The number of hydrogen-bond donors (Lipinski definition) is 2. The normalized spacial score (nSPS) is 10.7. The fourth-order valence-electron chi connectivity index (χ4n) is 2.57. The Labute approximate surface area is 152 Å². The van der Waals surface area contributed by atoms with Gasteiger partial charge in [0.2, 0.25) is 0 Å². The topological polar surface area (TPSA) is 67.7 Å². The second-order valence-corrected chi connectivity index (χ2v) is 5.84. The number of nitrogens with one attached hydrogen (secondary N) is 2. The Balaban J connectivity index is 2.29. The predicted molar refractivity (Wildman–Crippen MR) is 104 cm³/mol. The molecule has 0 aliphatic rings. The van der Waals surface area contributed by atoms with E-state index < -0.39 is 0 Å². The van der Waals surface area contributed by atoms with Gasteiger partial charge in [0.15, 0.2) is 5.11 Å². The average molecular weight is 358 g/mol. The molecule has 2 aromatic rings. The molecule has 0 spiro atoms. The number of rotatable bonds is 5. The number of carbonyl (C=O) groups is 1. The van der Waals surface area contributed by atoms with Crippen molar-refractivity contribution in [1.29, 1.82) is 0 Å². The lowest BCUT2D eigenvalue weighted by atomic mass is 10.2. The molecule has 0 saturated heterocycles. The van der Waals surface area contributed by atoms with Gasteiger partial charge in [0.1, 0.15) is 0 Å². The van der Waals surface area contributed by atoms with Crippen LogP contribution in [0.2, 0.25) is 0 Å². The Bertz CT molecular complexity index is 811. The molecule has 0 aliphatic carbocycles. The van der Waals surface area contributed by atoms with Crippen molar-refractivity contribution in [2.75, 3.05) is 13.7 Å². The molecule has 1 heterocycles. The van der Waals surface area contributed by atoms with E-state index >= 15 is 0 Å². The molecule has 0 saturated carbocycles. The summed E-state index contributed by atoms with van der Waals surface area (Å²) < 4.78 is 6.86. The lowest BCUT2D eigenvalue weighted by Gasteiger charge is -2.11. The highest BCUT2D eigenvalue weighted by Crippen LogP contribution is 2.21. The van der Waals surface area contributed by atoms with E-state index in [-0.39, 0.29) is 5.97 Å². The molecule has 7 heteroatoms. The van der Waals surface area contributed by atoms with E-state index in [0.717, 1.165) is 29.2 Å². The SMILES string of the molecule is CCNC(=S)N/N=C\c1cc(C)n(-c2cccc(C(=O)OC)c2)c1C.